The number of rotatable bonds is 7. The summed E-state index contributed by atoms with van der Waals surface area (Å²) in [5.74, 6) is 5.06. The van der Waals surface area contributed by atoms with Crippen molar-refractivity contribution in [2.24, 2.45) is 5.84 Å². The molecule has 0 aliphatic rings. The third-order valence-electron chi connectivity index (χ3n) is 1.88. The number of nitrogens with two attached hydrogens (primary N) is 1. The Labute approximate surface area is 84.3 Å². The van der Waals surface area contributed by atoms with Gasteiger partial charge in [0.25, 0.3) is 0 Å². The average molecular weight is 188 g/mol. The SMILES string of the molecule is CCCCC.CCCCCCNN. The zero-order chi connectivity index (χ0) is 10.4. The molecule has 0 heterocycles. The maximum atomic E-state index is 5.06. The van der Waals surface area contributed by atoms with Crippen LogP contribution in [0.3, 0.4) is 0 Å². The van der Waals surface area contributed by atoms with Crippen LogP contribution in [0.15, 0.2) is 0 Å². The van der Waals surface area contributed by atoms with Gasteiger partial charge in [-0.05, 0) is 6.42 Å². The summed E-state index contributed by atoms with van der Waals surface area (Å²) in [6.45, 7) is 7.59. The quantitative estimate of drug-likeness (QED) is 0.366. The predicted molar refractivity (Wildman–Crippen MR) is 61.5 cm³/mol. The van der Waals surface area contributed by atoms with Gasteiger partial charge in [0.1, 0.15) is 0 Å². The Balaban J connectivity index is 0. The monoisotopic (exact) mass is 188 g/mol. The Morgan fingerprint density at radius 2 is 1.31 bits per heavy atom. The van der Waals surface area contributed by atoms with Gasteiger partial charge in [0, 0.05) is 6.54 Å². The Bertz CT molecular complexity index is 57.1. The predicted octanol–water partition coefficient (Wildman–Crippen LogP) is 3.23. The Morgan fingerprint density at radius 1 is 0.769 bits per heavy atom. The standard InChI is InChI=1S/C6H16N2.C5H12/c1-2-3-4-5-6-8-7;1-3-5-4-2/h8H,2-7H2,1H3;3-5H2,1-2H3. The lowest BCUT2D eigenvalue weighted by molar-refractivity contribution is 0.613. The van der Waals surface area contributed by atoms with Crippen LogP contribution in [0.5, 0.6) is 0 Å². The van der Waals surface area contributed by atoms with Crippen molar-refractivity contribution in [1.82, 2.24) is 5.43 Å². The normalized spacial score (nSPS) is 9.23. The number of hydrogen-bond acceptors (Lipinski definition) is 2. The maximum absolute atomic E-state index is 5.06. The van der Waals surface area contributed by atoms with Crippen molar-refractivity contribution >= 4 is 0 Å². The third kappa shape index (κ3) is 24.5. The summed E-state index contributed by atoms with van der Waals surface area (Å²) >= 11 is 0. The van der Waals surface area contributed by atoms with E-state index >= 15 is 0 Å². The molecule has 82 valence electrons. The molecule has 0 bridgehead atoms. The van der Waals surface area contributed by atoms with Crippen molar-refractivity contribution in [3.63, 3.8) is 0 Å². The number of unbranched alkanes of at least 4 members (excludes halogenated alkanes) is 5. The summed E-state index contributed by atoms with van der Waals surface area (Å²) < 4.78 is 0. The first-order valence-electron chi connectivity index (χ1n) is 5.76. The van der Waals surface area contributed by atoms with E-state index in [2.05, 4.69) is 26.2 Å². The van der Waals surface area contributed by atoms with Crippen LogP contribution >= 0.6 is 0 Å². The van der Waals surface area contributed by atoms with Crippen LogP contribution in [0.2, 0.25) is 0 Å². The lowest BCUT2D eigenvalue weighted by Crippen LogP contribution is -2.22. The summed E-state index contributed by atoms with van der Waals surface area (Å²) in [5, 5.41) is 0. The topological polar surface area (TPSA) is 38.0 Å². The van der Waals surface area contributed by atoms with Gasteiger partial charge in [-0.25, -0.2) is 0 Å². The fraction of sp³-hybridized carbons (Fsp3) is 1.00. The zero-order valence-electron chi connectivity index (χ0n) is 9.73. The number of hydrazine groups is 1. The summed E-state index contributed by atoms with van der Waals surface area (Å²) in [4.78, 5) is 0. The van der Waals surface area contributed by atoms with E-state index in [1.54, 1.807) is 0 Å². The molecule has 0 atom stereocenters. The lowest BCUT2D eigenvalue weighted by Gasteiger charge is -1.95. The van der Waals surface area contributed by atoms with Crippen molar-refractivity contribution in [3.05, 3.63) is 0 Å². The van der Waals surface area contributed by atoms with Gasteiger partial charge in [0.05, 0.1) is 0 Å². The number of nitrogens with one attached hydrogen (secondary N) is 1. The molecule has 2 nitrogen and oxygen atoms in total. The summed E-state index contributed by atoms with van der Waals surface area (Å²) in [6, 6.07) is 0. The molecule has 0 unspecified atom stereocenters. The minimum Gasteiger partial charge on any atom is -0.271 e. The summed E-state index contributed by atoms with van der Waals surface area (Å²) in [6.07, 6.45) is 9.23. The molecule has 3 N–H and O–H groups in total. The van der Waals surface area contributed by atoms with Gasteiger partial charge in [-0.2, -0.15) is 0 Å². The largest absolute Gasteiger partial charge is 0.271 e. The molecular formula is C11H28N2. The molecule has 0 radical (unpaired) electrons. The summed E-state index contributed by atoms with van der Waals surface area (Å²) in [7, 11) is 0. The van der Waals surface area contributed by atoms with E-state index in [9.17, 15) is 0 Å². The van der Waals surface area contributed by atoms with Crippen LogP contribution in [0.25, 0.3) is 0 Å². The van der Waals surface area contributed by atoms with Crippen LogP contribution in [0.4, 0.5) is 0 Å². The maximum Gasteiger partial charge on any atom is 0.00974 e. The van der Waals surface area contributed by atoms with E-state index in [0.29, 0.717) is 0 Å². The molecule has 0 aromatic rings. The van der Waals surface area contributed by atoms with Crippen molar-refractivity contribution in [2.75, 3.05) is 6.54 Å². The minimum atomic E-state index is 0.958. The first-order valence-corrected chi connectivity index (χ1v) is 5.76. The van der Waals surface area contributed by atoms with Gasteiger partial charge in [0.15, 0.2) is 0 Å². The first-order chi connectivity index (χ1) is 6.33. The fourth-order valence-electron chi connectivity index (χ4n) is 1.01. The van der Waals surface area contributed by atoms with Crippen molar-refractivity contribution in [3.8, 4) is 0 Å². The van der Waals surface area contributed by atoms with Gasteiger partial charge in [0.2, 0.25) is 0 Å². The highest BCUT2D eigenvalue weighted by Crippen LogP contribution is 1.95. The van der Waals surface area contributed by atoms with Gasteiger partial charge in [-0.1, -0.05) is 59.3 Å². The minimum absolute atomic E-state index is 0.958. The van der Waals surface area contributed by atoms with Crippen molar-refractivity contribution in [2.45, 2.75) is 65.7 Å². The molecule has 13 heavy (non-hydrogen) atoms. The van der Waals surface area contributed by atoms with Crippen LogP contribution < -0.4 is 11.3 Å². The second kappa shape index (κ2) is 17.9. The summed E-state index contributed by atoms with van der Waals surface area (Å²) in [5.41, 5.74) is 2.63. The van der Waals surface area contributed by atoms with E-state index < -0.39 is 0 Å². The zero-order valence-corrected chi connectivity index (χ0v) is 9.73. The van der Waals surface area contributed by atoms with E-state index in [-0.39, 0.29) is 0 Å². The van der Waals surface area contributed by atoms with Crippen LogP contribution in [0, 0.1) is 0 Å². The van der Waals surface area contributed by atoms with Crippen LogP contribution in [-0.4, -0.2) is 6.54 Å². The van der Waals surface area contributed by atoms with Gasteiger partial charge in [-0.3, -0.25) is 11.3 Å². The third-order valence-corrected chi connectivity index (χ3v) is 1.88. The number of hydrogen-bond donors (Lipinski definition) is 2. The molecule has 0 fully saturated rings. The van der Waals surface area contributed by atoms with Gasteiger partial charge < -0.3 is 0 Å². The fourth-order valence-corrected chi connectivity index (χ4v) is 1.01. The van der Waals surface area contributed by atoms with E-state index in [0.717, 1.165) is 6.54 Å². The van der Waals surface area contributed by atoms with E-state index in [4.69, 9.17) is 5.84 Å². The molecule has 0 rings (SSSR count). The Kier molecular flexibility index (Phi) is 21.2. The molecule has 0 amide bonds. The smallest absolute Gasteiger partial charge is 0.00974 e. The second-order valence-corrected chi connectivity index (χ2v) is 3.37. The highest BCUT2D eigenvalue weighted by atomic mass is 15.2. The molecule has 0 aliphatic carbocycles. The molecule has 0 aromatic carbocycles. The second-order valence-electron chi connectivity index (χ2n) is 3.37. The molecule has 0 saturated carbocycles. The molecule has 0 aromatic heterocycles. The Hall–Kier alpha value is -0.0800. The van der Waals surface area contributed by atoms with E-state index in [1.165, 1.54) is 44.9 Å². The molecule has 0 saturated heterocycles. The van der Waals surface area contributed by atoms with E-state index in [1.807, 2.05) is 0 Å². The van der Waals surface area contributed by atoms with Gasteiger partial charge >= 0.3 is 0 Å². The molecule has 2 heteroatoms. The van der Waals surface area contributed by atoms with Gasteiger partial charge in [-0.15, -0.1) is 0 Å². The first kappa shape index (κ1) is 15.4. The van der Waals surface area contributed by atoms with Crippen LogP contribution in [0.1, 0.15) is 65.7 Å². The average Bonchev–Trinajstić information content (AvgIpc) is 2.15. The highest BCUT2D eigenvalue weighted by Gasteiger charge is 1.82. The molecule has 0 spiro atoms. The van der Waals surface area contributed by atoms with Crippen LogP contribution in [-0.2, 0) is 0 Å². The lowest BCUT2D eigenvalue weighted by atomic mass is 10.2. The molecular weight excluding hydrogens is 160 g/mol. The highest BCUT2D eigenvalue weighted by molar-refractivity contribution is 4.40. The van der Waals surface area contributed by atoms with Crippen molar-refractivity contribution < 1.29 is 0 Å². The Morgan fingerprint density at radius 3 is 1.62 bits per heavy atom. The van der Waals surface area contributed by atoms with Crippen molar-refractivity contribution in [1.29, 1.82) is 0 Å². The molecule has 0 aliphatic heterocycles.